The number of carbonyl (C=O) groups is 1. The number of hydrogen-bond acceptors (Lipinski definition) is 5. The molecule has 6 heteroatoms. The zero-order valence-electron chi connectivity index (χ0n) is 11.3. The molecular formula is C14H16N4O2. The van der Waals surface area contributed by atoms with Crippen molar-refractivity contribution in [2.75, 3.05) is 7.11 Å². The van der Waals surface area contributed by atoms with Crippen LogP contribution in [0.5, 0.6) is 0 Å². The average molecular weight is 272 g/mol. The van der Waals surface area contributed by atoms with Crippen LogP contribution in [0.4, 0.5) is 0 Å². The maximum atomic E-state index is 11.1. The summed E-state index contributed by atoms with van der Waals surface area (Å²) in [7, 11) is 1.35. The van der Waals surface area contributed by atoms with E-state index >= 15 is 0 Å². The van der Waals surface area contributed by atoms with Gasteiger partial charge < -0.3 is 4.74 Å². The zero-order chi connectivity index (χ0) is 13.9. The van der Waals surface area contributed by atoms with Crippen LogP contribution in [-0.4, -0.2) is 32.8 Å². The monoisotopic (exact) mass is 272 g/mol. The molecule has 2 heterocycles. The van der Waals surface area contributed by atoms with Crippen molar-refractivity contribution in [1.82, 2.24) is 19.7 Å². The normalized spacial score (nSPS) is 14.2. The predicted molar refractivity (Wildman–Crippen MR) is 71.7 cm³/mol. The van der Waals surface area contributed by atoms with Crippen LogP contribution < -0.4 is 0 Å². The largest absolute Gasteiger partial charge is 0.469 e. The van der Waals surface area contributed by atoms with E-state index in [1.54, 1.807) is 12.4 Å². The van der Waals surface area contributed by atoms with Crippen LogP contribution in [0.25, 0.3) is 11.1 Å². The quantitative estimate of drug-likeness (QED) is 0.771. The molecule has 0 spiro atoms. The summed E-state index contributed by atoms with van der Waals surface area (Å²) in [5.74, 6) is 0.919. The number of ether oxygens (including phenoxy) is 1. The fraction of sp³-hybridized carbons (Fsp3) is 0.429. The van der Waals surface area contributed by atoms with Crippen LogP contribution in [0.2, 0.25) is 0 Å². The smallest absolute Gasteiger partial charge is 0.313 e. The highest BCUT2D eigenvalue weighted by atomic mass is 16.5. The molecule has 1 saturated carbocycles. The van der Waals surface area contributed by atoms with E-state index in [9.17, 15) is 4.79 Å². The Bertz CT molecular complexity index is 602. The highest BCUT2D eigenvalue weighted by Gasteiger charge is 2.22. The van der Waals surface area contributed by atoms with Crippen LogP contribution in [0.1, 0.15) is 18.7 Å². The van der Waals surface area contributed by atoms with Gasteiger partial charge in [-0.3, -0.25) is 9.48 Å². The van der Waals surface area contributed by atoms with Crippen molar-refractivity contribution in [1.29, 1.82) is 0 Å². The Morgan fingerprint density at radius 1 is 1.30 bits per heavy atom. The molecule has 2 aromatic rings. The van der Waals surface area contributed by atoms with E-state index in [0.717, 1.165) is 23.6 Å². The van der Waals surface area contributed by atoms with Gasteiger partial charge in [0.1, 0.15) is 12.2 Å². The lowest BCUT2D eigenvalue weighted by Gasteiger charge is -2.00. The molecule has 0 atom stereocenters. The molecule has 1 aliphatic carbocycles. The van der Waals surface area contributed by atoms with Gasteiger partial charge in [0, 0.05) is 36.3 Å². The van der Waals surface area contributed by atoms with Gasteiger partial charge in [0.25, 0.3) is 0 Å². The van der Waals surface area contributed by atoms with Crippen molar-refractivity contribution in [3.8, 4) is 11.1 Å². The summed E-state index contributed by atoms with van der Waals surface area (Å²) in [6, 6.07) is 0. The second-order valence-electron chi connectivity index (χ2n) is 5.04. The Labute approximate surface area is 116 Å². The van der Waals surface area contributed by atoms with Gasteiger partial charge in [-0.15, -0.1) is 0 Å². The molecule has 20 heavy (non-hydrogen) atoms. The third kappa shape index (κ3) is 3.01. The fourth-order valence-electron chi connectivity index (χ4n) is 1.97. The van der Waals surface area contributed by atoms with Crippen molar-refractivity contribution in [2.45, 2.75) is 25.8 Å². The lowest BCUT2D eigenvalue weighted by Crippen LogP contribution is -2.07. The second-order valence-corrected chi connectivity index (χ2v) is 5.04. The Morgan fingerprint density at radius 2 is 2.05 bits per heavy atom. The van der Waals surface area contributed by atoms with Crippen LogP contribution in [0.15, 0.2) is 24.8 Å². The first-order valence-electron chi connectivity index (χ1n) is 6.65. The summed E-state index contributed by atoms with van der Waals surface area (Å²) < 4.78 is 6.55. The molecule has 1 fully saturated rings. The third-order valence-electron chi connectivity index (χ3n) is 3.34. The number of esters is 1. The van der Waals surface area contributed by atoms with Crippen LogP contribution >= 0.6 is 0 Å². The number of rotatable bonds is 5. The second kappa shape index (κ2) is 5.40. The van der Waals surface area contributed by atoms with E-state index in [-0.39, 0.29) is 12.4 Å². The van der Waals surface area contributed by atoms with Gasteiger partial charge in [-0.05, 0) is 18.8 Å². The van der Waals surface area contributed by atoms with Gasteiger partial charge in [-0.25, -0.2) is 9.97 Å². The molecule has 0 radical (unpaired) electrons. The van der Waals surface area contributed by atoms with Crippen LogP contribution in [-0.2, 0) is 22.5 Å². The van der Waals surface area contributed by atoms with Crippen molar-refractivity contribution in [3.63, 3.8) is 0 Å². The van der Waals surface area contributed by atoms with E-state index in [4.69, 9.17) is 0 Å². The average Bonchev–Trinajstić information content (AvgIpc) is 3.15. The molecular weight excluding hydrogens is 256 g/mol. The van der Waals surface area contributed by atoms with Crippen molar-refractivity contribution in [3.05, 3.63) is 30.6 Å². The molecule has 0 aliphatic heterocycles. The molecule has 3 rings (SSSR count). The molecule has 0 aromatic carbocycles. The standard InChI is InChI=1S/C14H16N4O2/c1-20-14(19)4-13-15-5-11(6-16-13)12-7-17-18(9-12)8-10-2-3-10/h5-7,9-10H,2-4,8H2,1H3. The van der Waals surface area contributed by atoms with Gasteiger partial charge >= 0.3 is 5.97 Å². The Morgan fingerprint density at radius 3 is 2.70 bits per heavy atom. The number of nitrogens with zero attached hydrogens (tertiary/aromatic N) is 4. The predicted octanol–water partition coefficient (Wildman–Crippen LogP) is 1.47. The summed E-state index contributed by atoms with van der Waals surface area (Å²) in [5, 5.41) is 4.34. The number of carbonyl (C=O) groups excluding carboxylic acids is 1. The van der Waals surface area contributed by atoms with Gasteiger partial charge in [-0.2, -0.15) is 5.10 Å². The Balaban J connectivity index is 1.69. The van der Waals surface area contributed by atoms with Crippen LogP contribution in [0, 0.1) is 5.92 Å². The lowest BCUT2D eigenvalue weighted by molar-refractivity contribution is -0.139. The van der Waals surface area contributed by atoms with E-state index in [1.165, 1.54) is 20.0 Å². The molecule has 104 valence electrons. The minimum absolute atomic E-state index is 0.0950. The number of aromatic nitrogens is 4. The van der Waals surface area contributed by atoms with E-state index in [1.807, 2.05) is 17.1 Å². The SMILES string of the molecule is COC(=O)Cc1ncc(-c2cnn(CC3CC3)c2)cn1. The summed E-state index contributed by atoms with van der Waals surface area (Å²) in [6.45, 7) is 0.987. The molecule has 0 unspecified atom stereocenters. The maximum absolute atomic E-state index is 11.1. The summed E-state index contributed by atoms with van der Waals surface area (Å²) in [6.07, 6.45) is 9.96. The van der Waals surface area contributed by atoms with E-state index in [0.29, 0.717) is 5.82 Å². The highest BCUT2D eigenvalue weighted by Crippen LogP contribution is 2.30. The number of hydrogen-bond donors (Lipinski definition) is 0. The summed E-state index contributed by atoms with van der Waals surface area (Å²) in [4.78, 5) is 19.5. The molecule has 1 aliphatic rings. The van der Waals surface area contributed by atoms with E-state index < -0.39 is 0 Å². The van der Waals surface area contributed by atoms with E-state index in [2.05, 4.69) is 19.8 Å². The van der Waals surface area contributed by atoms with Gasteiger partial charge in [0.2, 0.25) is 0 Å². The Kier molecular flexibility index (Phi) is 3.45. The van der Waals surface area contributed by atoms with Crippen molar-refractivity contribution in [2.24, 2.45) is 5.92 Å². The third-order valence-corrected chi connectivity index (χ3v) is 3.34. The summed E-state index contributed by atoms with van der Waals surface area (Å²) in [5.41, 5.74) is 1.90. The van der Waals surface area contributed by atoms with Gasteiger partial charge in [0.15, 0.2) is 0 Å². The first kappa shape index (κ1) is 12.8. The van der Waals surface area contributed by atoms with Crippen molar-refractivity contribution >= 4 is 5.97 Å². The van der Waals surface area contributed by atoms with Gasteiger partial charge in [-0.1, -0.05) is 0 Å². The molecule has 2 aromatic heterocycles. The topological polar surface area (TPSA) is 69.9 Å². The minimum atomic E-state index is -0.338. The maximum Gasteiger partial charge on any atom is 0.313 e. The zero-order valence-corrected chi connectivity index (χ0v) is 11.3. The van der Waals surface area contributed by atoms with Crippen LogP contribution in [0.3, 0.4) is 0 Å². The van der Waals surface area contributed by atoms with Gasteiger partial charge in [0.05, 0.1) is 13.3 Å². The molecule has 6 nitrogen and oxygen atoms in total. The lowest BCUT2D eigenvalue weighted by atomic mass is 10.2. The first-order valence-corrected chi connectivity index (χ1v) is 6.65. The molecule has 0 saturated heterocycles. The molecule has 0 bridgehead atoms. The summed E-state index contributed by atoms with van der Waals surface area (Å²) >= 11 is 0. The van der Waals surface area contributed by atoms with Crippen molar-refractivity contribution < 1.29 is 9.53 Å². The fourth-order valence-corrected chi connectivity index (χ4v) is 1.97. The number of methoxy groups -OCH3 is 1. The molecule has 0 N–H and O–H groups in total. The minimum Gasteiger partial charge on any atom is -0.469 e. The first-order chi connectivity index (χ1) is 9.74. The molecule has 0 amide bonds. The highest BCUT2D eigenvalue weighted by molar-refractivity contribution is 5.71. The Hall–Kier alpha value is -2.24.